The van der Waals surface area contributed by atoms with Crippen LogP contribution in [0.25, 0.3) is 10.9 Å². The Kier molecular flexibility index (Phi) is 3.57. The number of benzene rings is 2. The number of amidine groups is 1. The molecule has 0 radical (unpaired) electrons. The molecule has 0 aliphatic carbocycles. The third-order valence-corrected chi connectivity index (χ3v) is 5.56. The molecule has 0 amide bonds. The topological polar surface area (TPSA) is 63.9 Å². The van der Waals surface area contributed by atoms with Crippen molar-refractivity contribution in [2.75, 3.05) is 11.5 Å². The van der Waals surface area contributed by atoms with Crippen LogP contribution >= 0.6 is 11.8 Å². The lowest BCUT2D eigenvalue weighted by molar-refractivity contribution is 0.0524. The average Bonchev–Trinajstić information content (AvgIpc) is 3.05. The second-order valence-electron chi connectivity index (χ2n) is 6.14. The standard InChI is InChI=1S/C19H11F2N3O3S/c1-2-27-18(26)10-8-23-15-9(17(10)25)7-11(20)14(21)16(15)24-12-5-3-4-6-13(12)28-19(24)22-23/h3-8H,2H2,1H3. The van der Waals surface area contributed by atoms with Crippen LogP contribution in [0.2, 0.25) is 0 Å². The molecule has 2 aliphatic rings. The van der Waals surface area contributed by atoms with Crippen molar-refractivity contribution in [3.05, 3.63) is 63.9 Å². The van der Waals surface area contributed by atoms with Gasteiger partial charge in [-0.15, -0.1) is 5.10 Å². The first-order valence-corrected chi connectivity index (χ1v) is 9.23. The predicted molar refractivity (Wildman–Crippen MR) is 101 cm³/mol. The van der Waals surface area contributed by atoms with Crippen molar-refractivity contribution in [3.8, 4) is 0 Å². The summed E-state index contributed by atoms with van der Waals surface area (Å²) in [6.45, 7) is 1.69. The van der Waals surface area contributed by atoms with Gasteiger partial charge in [0.25, 0.3) is 0 Å². The molecule has 3 heterocycles. The van der Waals surface area contributed by atoms with E-state index < -0.39 is 23.0 Å². The summed E-state index contributed by atoms with van der Waals surface area (Å²) in [5.41, 5.74) is -0.388. The molecule has 2 aromatic carbocycles. The Morgan fingerprint density at radius 3 is 2.86 bits per heavy atom. The normalized spacial score (nSPS) is 14.0. The summed E-state index contributed by atoms with van der Waals surface area (Å²) in [5, 5.41) is 4.69. The van der Waals surface area contributed by atoms with Gasteiger partial charge in [0.05, 0.1) is 17.7 Å². The van der Waals surface area contributed by atoms with Crippen molar-refractivity contribution in [1.29, 1.82) is 0 Å². The highest BCUT2D eigenvalue weighted by Crippen LogP contribution is 2.49. The van der Waals surface area contributed by atoms with Gasteiger partial charge >= 0.3 is 5.97 Å². The van der Waals surface area contributed by atoms with Crippen LogP contribution in [-0.4, -0.2) is 22.4 Å². The van der Waals surface area contributed by atoms with E-state index in [-0.39, 0.29) is 28.8 Å². The van der Waals surface area contributed by atoms with Gasteiger partial charge in [-0.25, -0.2) is 18.3 Å². The highest BCUT2D eigenvalue weighted by atomic mass is 32.2. The van der Waals surface area contributed by atoms with E-state index in [0.717, 1.165) is 11.0 Å². The number of para-hydroxylation sites is 1. The fraction of sp³-hybridized carbons (Fsp3) is 0.105. The van der Waals surface area contributed by atoms with Crippen LogP contribution in [0, 0.1) is 11.6 Å². The first kappa shape index (κ1) is 16.9. The monoisotopic (exact) mass is 399 g/mol. The lowest BCUT2D eigenvalue weighted by Gasteiger charge is -2.27. The minimum Gasteiger partial charge on any atom is -0.462 e. The Bertz CT molecular complexity index is 1290. The first-order chi connectivity index (χ1) is 13.5. The summed E-state index contributed by atoms with van der Waals surface area (Å²) in [5.74, 6) is -3.11. The van der Waals surface area contributed by atoms with Gasteiger partial charge in [-0.2, -0.15) is 0 Å². The van der Waals surface area contributed by atoms with Crippen molar-refractivity contribution in [1.82, 2.24) is 4.68 Å². The van der Waals surface area contributed by atoms with Gasteiger partial charge in [0.15, 0.2) is 16.8 Å². The lowest BCUT2D eigenvalue weighted by atomic mass is 10.1. The summed E-state index contributed by atoms with van der Waals surface area (Å²) in [6, 6.07) is 8.01. The summed E-state index contributed by atoms with van der Waals surface area (Å²) < 4.78 is 35.5. The van der Waals surface area contributed by atoms with Crippen molar-refractivity contribution in [3.63, 3.8) is 0 Å². The smallest absolute Gasteiger partial charge is 0.343 e. The fourth-order valence-electron chi connectivity index (χ4n) is 3.38. The Hall–Kier alpha value is -3.20. The number of hydrogen-bond donors (Lipinski definition) is 0. The van der Waals surface area contributed by atoms with E-state index in [4.69, 9.17) is 4.74 Å². The minimum absolute atomic E-state index is 0.0762. The van der Waals surface area contributed by atoms with Gasteiger partial charge < -0.3 is 4.74 Å². The minimum atomic E-state index is -1.18. The third-order valence-electron chi connectivity index (χ3n) is 4.55. The Labute approximate surface area is 161 Å². The number of rotatable bonds is 2. The first-order valence-electron chi connectivity index (χ1n) is 8.41. The van der Waals surface area contributed by atoms with Gasteiger partial charge in [-0.3, -0.25) is 9.69 Å². The molecular weight excluding hydrogens is 388 g/mol. The number of halogens is 2. The molecular formula is C19H11F2N3O3S. The van der Waals surface area contributed by atoms with Crippen LogP contribution < -0.4 is 10.3 Å². The highest BCUT2D eigenvalue weighted by Gasteiger charge is 2.37. The van der Waals surface area contributed by atoms with Crippen molar-refractivity contribution < 1.29 is 18.3 Å². The number of carbonyl (C=O) groups is 1. The molecule has 5 rings (SSSR count). The largest absolute Gasteiger partial charge is 0.462 e. The number of nitrogens with zero attached hydrogens (tertiary/aromatic N) is 3. The second kappa shape index (κ2) is 5.90. The average molecular weight is 399 g/mol. The molecule has 140 valence electrons. The number of hydrogen-bond acceptors (Lipinski definition) is 6. The Morgan fingerprint density at radius 1 is 1.29 bits per heavy atom. The molecule has 0 saturated carbocycles. The second-order valence-corrected chi connectivity index (χ2v) is 7.15. The zero-order valence-corrected chi connectivity index (χ0v) is 15.2. The van der Waals surface area contributed by atoms with Gasteiger partial charge in [-0.05, 0) is 36.9 Å². The molecule has 6 nitrogen and oxygen atoms in total. The van der Waals surface area contributed by atoms with Gasteiger partial charge in [0.2, 0.25) is 5.43 Å². The number of aromatic nitrogens is 1. The van der Waals surface area contributed by atoms with Crippen molar-refractivity contribution in [2.45, 2.75) is 11.8 Å². The van der Waals surface area contributed by atoms with Gasteiger partial charge in [-0.1, -0.05) is 12.1 Å². The molecule has 0 N–H and O–H groups in total. The molecule has 9 heteroatoms. The van der Waals surface area contributed by atoms with Crippen LogP contribution in [0.15, 0.2) is 51.3 Å². The van der Waals surface area contributed by atoms with E-state index in [2.05, 4.69) is 5.10 Å². The van der Waals surface area contributed by atoms with E-state index in [9.17, 15) is 18.4 Å². The maximum atomic E-state index is 14.9. The maximum absolute atomic E-state index is 14.9. The number of thioether (sulfide) groups is 1. The number of fused-ring (bicyclic) bond motifs is 4. The molecule has 3 aromatic rings. The highest BCUT2D eigenvalue weighted by molar-refractivity contribution is 8.14. The Morgan fingerprint density at radius 2 is 2.07 bits per heavy atom. The van der Waals surface area contributed by atoms with E-state index in [1.807, 2.05) is 12.1 Å². The molecule has 0 spiro atoms. The molecule has 0 fully saturated rings. The summed E-state index contributed by atoms with van der Waals surface area (Å²) in [6.07, 6.45) is 1.21. The van der Waals surface area contributed by atoms with E-state index in [1.54, 1.807) is 19.1 Å². The quantitative estimate of drug-likeness (QED) is 0.613. The number of anilines is 2. The van der Waals surface area contributed by atoms with Gasteiger partial charge in [0.1, 0.15) is 16.8 Å². The molecule has 28 heavy (non-hydrogen) atoms. The molecule has 1 aromatic heterocycles. The number of pyridine rings is 1. The molecule has 0 unspecified atom stereocenters. The SMILES string of the molecule is CCOC(=O)c1cn2c3c(c(F)c(F)cc3c1=O)N1C(=N2)Sc2ccccc21. The van der Waals surface area contributed by atoms with Crippen molar-refractivity contribution >= 4 is 45.2 Å². The third kappa shape index (κ3) is 2.16. The maximum Gasteiger partial charge on any atom is 0.343 e. The summed E-state index contributed by atoms with van der Waals surface area (Å²) in [7, 11) is 0. The van der Waals surface area contributed by atoms with Gasteiger partial charge in [0, 0.05) is 11.1 Å². The summed E-state index contributed by atoms with van der Waals surface area (Å²) in [4.78, 5) is 27.3. The zero-order valence-electron chi connectivity index (χ0n) is 14.4. The van der Waals surface area contributed by atoms with Crippen LogP contribution in [0.3, 0.4) is 0 Å². The lowest BCUT2D eigenvalue weighted by Crippen LogP contribution is -2.29. The molecule has 0 atom stereocenters. The predicted octanol–water partition coefficient (Wildman–Crippen LogP) is 3.83. The number of carbonyl (C=O) groups excluding carboxylic acids is 1. The zero-order chi connectivity index (χ0) is 19.6. The van der Waals surface area contributed by atoms with E-state index in [1.165, 1.54) is 27.5 Å². The van der Waals surface area contributed by atoms with Crippen LogP contribution in [0.5, 0.6) is 0 Å². The van der Waals surface area contributed by atoms with Crippen LogP contribution in [0.4, 0.5) is 20.2 Å². The number of esters is 1. The molecule has 0 bridgehead atoms. The molecule has 2 aliphatic heterocycles. The summed E-state index contributed by atoms with van der Waals surface area (Å²) >= 11 is 1.28. The van der Waals surface area contributed by atoms with E-state index in [0.29, 0.717) is 10.9 Å². The molecule has 0 saturated heterocycles. The fourth-order valence-corrected chi connectivity index (χ4v) is 4.40. The van der Waals surface area contributed by atoms with E-state index >= 15 is 0 Å². The van der Waals surface area contributed by atoms with Crippen LogP contribution in [0.1, 0.15) is 17.3 Å². The number of ether oxygens (including phenoxy) is 1. The Balaban J connectivity index is 1.89. The van der Waals surface area contributed by atoms with Crippen LogP contribution in [-0.2, 0) is 4.74 Å². The van der Waals surface area contributed by atoms with Crippen molar-refractivity contribution in [2.24, 2.45) is 5.10 Å².